The topological polar surface area (TPSA) is 0 Å². The first-order chi connectivity index (χ1) is 8.78. The van der Waals surface area contributed by atoms with E-state index in [2.05, 4.69) is 44.4 Å². The molecule has 91 valence electrons. The molecule has 2 rings (SSSR count). The van der Waals surface area contributed by atoms with Gasteiger partial charge < -0.3 is 0 Å². The molecule has 0 aliphatic heterocycles. The molecule has 1 aliphatic carbocycles. The molecular weight excluding hydrogens is 216 g/mol. The molecule has 0 heterocycles. The van der Waals surface area contributed by atoms with Gasteiger partial charge in [0.05, 0.1) is 0 Å². The molecular formula is C18H19. The van der Waals surface area contributed by atoms with Crippen molar-refractivity contribution in [3.63, 3.8) is 0 Å². The normalized spacial score (nSPS) is 12.8. The minimum absolute atomic E-state index is 0.918. The van der Waals surface area contributed by atoms with Gasteiger partial charge in [0.25, 0.3) is 0 Å². The van der Waals surface area contributed by atoms with E-state index in [0.717, 1.165) is 19.3 Å². The molecule has 1 aromatic rings. The van der Waals surface area contributed by atoms with E-state index in [1.54, 1.807) is 0 Å². The minimum Gasteiger partial charge on any atom is -0.103 e. The Labute approximate surface area is 110 Å². The molecule has 0 N–H and O–H groups in total. The highest BCUT2D eigenvalue weighted by Gasteiger charge is 2.14. The van der Waals surface area contributed by atoms with Gasteiger partial charge >= 0.3 is 0 Å². The maximum absolute atomic E-state index is 3.83. The Morgan fingerprint density at radius 3 is 1.89 bits per heavy atom. The van der Waals surface area contributed by atoms with E-state index < -0.39 is 0 Å². The predicted octanol–water partition coefficient (Wildman–Crippen LogP) is 4.67. The maximum Gasteiger partial charge on any atom is 0.0167 e. The minimum atomic E-state index is 0.918. The van der Waals surface area contributed by atoms with Crippen LogP contribution in [0.4, 0.5) is 0 Å². The van der Waals surface area contributed by atoms with Crippen LogP contribution >= 0.6 is 0 Å². The fourth-order valence-electron chi connectivity index (χ4n) is 2.39. The van der Waals surface area contributed by atoms with Crippen LogP contribution in [0, 0.1) is 6.42 Å². The molecule has 0 unspecified atom stereocenters. The Bertz CT molecular complexity index is 515. The van der Waals surface area contributed by atoms with Crippen molar-refractivity contribution < 1.29 is 0 Å². The summed E-state index contributed by atoms with van der Waals surface area (Å²) in [6.45, 7) is 11.5. The van der Waals surface area contributed by atoms with Crippen molar-refractivity contribution in [1.82, 2.24) is 0 Å². The van der Waals surface area contributed by atoms with E-state index in [9.17, 15) is 0 Å². The van der Waals surface area contributed by atoms with Crippen LogP contribution in [-0.2, 0) is 12.8 Å². The second-order valence-electron chi connectivity index (χ2n) is 4.59. The highest BCUT2D eigenvalue weighted by atomic mass is 14.2. The smallest absolute Gasteiger partial charge is 0.0167 e. The number of hydrogen-bond acceptors (Lipinski definition) is 0. The monoisotopic (exact) mass is 235 g/mol. The Balaban J connectivity index is 2.36. The molecule has 0 heteroatoms. The van der Waals surface area contributed by atoms with E-state index in [1.807, 2.05) is 18.2 Å². The van der Waals surface area contributed by atoms with Crippen molar-refractivity contribution in [1.29, 1.82) is 0 Å². The summed E-state index contributed by atoms with van der Waals surface area (Å²) < 4.78 is 0. The Morgan fingerprint density at radius 1 is 0.778 bits per heavy atom. The lowest BCUT2D eigenvalue weighted by molar-refractivity contribution is 1.14. The van der Waals surface area contributed by atoms with Crippen molar-refractivity contribution >= 4 is 6.08 Å². The van der Waals surface area contributed by atoms with Crippen molar-refractivity contribution in [3.8, 4) is 0 Å². The third-order valence-electron chi connectivity index (χ3n) is 3.20. The van der Waals surface area contributed by atoms with E-state index in [-0.39, 0.29) is 0 Å². The zero-order valence-electron chi connectivity index (χ0n) is 10.8. The van der Waals surface area contributed by atoms with Gasteiger partial charge in [-0.15, -0.1) is 19.7 Å². The summed E-state index contributed by atoms with van der Waals surface area (Å²) in [7, 11) is 0. The van der Waals surface area contributed by atoms with Crippen LogP contribution in [0.5, 0.6) is 0 Å². The van der Waals surface area contributed by atoms with Gasteiger partial charge in [0, 0.05) is 6.42 Å². The van der Waals surface area contributed by atoms with Crippen LogP contribution in [0.1, 0.15) is 28.7 Å². The van der Waals surface area contributed by atoms with Crippen LogP contribution in [0.3, 0.4) is 0 Å². The fraction of sp³-hybridized carbons (Fsp3) is 0.167. The molecule has 0 nitrogen and oxygen atoms in total. The first kappa shape index (κ1) is 12.6. The van der Waals surface area contributed by atoms with E-state index in [0.29, 0.717) is 0 Å². The van der Waals surface area contributed by atoms with Gasteiger partial charge in [-0.05, 0) is 41.5 Å². The molecule has 0 amide bonds. The predicted molar refractivity (Wildman–Crippen MR) is 80.4 cm³/mol. The molecule has 0 atom stereocenters. The van der Waals surface area contributed by atoms with Gasteiger partial charge in [-0.1, -0.05) is 42.0 Å². The Kier molecular flexibility index (Phi) is 3.99. The van der Waals surface area contributed by atoms with E-state index in [1.165, 1.54) is 27.8 Å². The summed E-state index contributed by atoms with van der Waals surface area (Å²) in [4.78, 5) is 0. The molecule has 18 heavy (non-hydrogen) atoms. The molecule has 0 bridgehead atoms. The van der Waals surface area contributed by atoms with Crippen LogP contribution in [-0.4, -0.2) is 0 Å². The molecule has 1 aliphatic rings. The van der Waals surface area contributed by atoms with E-state index >= 15 is 0 Å². The first-order valence-corrected chi connectivity index (χ1v) is 6.32. The highest BCUT2D eigenvalue weighted by molar-refractivity contribution is 5.71. The summed E-state index contributed by atoms with van der Waals surface area (Å²) in [5.41, 5.74) is 6.68. The van der Waals surface area contributed by atoms with Crippen molar-refractivity contribution in [3.05, 3.63) is 84.3 Å². The third kappa shape index (κ3) is 2.53. The zero-order valence-corrected chi connectivity index (χ0v) is 10.8. The summed E-state index contributed by atoms with van der Waals surface area (Å²) in [6, 6.07) is 4.56. The van der Waals surface area contributed by atoms with Gasteiger partial charge in [0.15, 0.2) is 0 Å². The Morgan fingerprint density at radius 2 is 1.33 bits per heavy atom. The van der Waals surface area contributed by atoms with Gasteiger partial charge in [-0.25, -0.2) is 0 Å². The molecule has 1 radical (unpaired) electrons. The molecule has 0 spiro atoms. The summed E-state index contributed by atoms with van der Waals surface area (Å²) >= 11 is 0. The lowest BCUT2D eigenvalue weighted by atomic mass is 9.95. The van der Waals surface area contributed by atoms with Crippen molar-refractivity contribution in [2.75, 3.05) is 0 Å². The van der Waals surface area contributed by atoms with Crippen LogP contribution in [0.25, 0.3) is 6.08 Å². The number of allylic oxidation sites excluding steroid dienone is 4. The van der Waals surface area contributed by atoms with Gasteiger partial charge in [-0.3, -0.25) is 0 Å². The van der Waals surface area contributed by atoms with Gasteiger partial charge in [-0.2, -0.15) is 0 Å². The second kappa shape index (κ2) is 5.68. The lowest BCUT2D eigenvalue weighted by Crippen LogP contribution is -1.95. The zero-order chi connectivity index (χ0) is 13.0. The standard InChI is InChI=1S/C18H19/c1-4-7-14-10-17-12-15(8-5-2)16(9-6-3)13-18(17)11-14/h4-6,10-13H,1-3,7-9H2. The van der Waals surface area contributed by atoms with Crippen LogP contribution in [0.15, 0.2) is 55.7 Å². The molecule has 0 saturated carbocycles. The first-order valence-electron chi connectivity index (χ1n) is 6.32. The largest absolute Gasteiger partial charge is 0.103 e. The van der Waals surface area contributed by atoms with Crippen LogP contribution < -0.4 is 0 Å². The second-order valence-corrected chi connectivity index (χ2v) is 4.59. The molecule has 0 aromatic heterocycles. The number of benzene rings is 1. The average molecular weight is 235 g/mol. The maximum atomic E-state index is 3.83. The number of fused-ring (bicyclic) bond motifs is 1. The highest BCUT2D eigenvalue weighted by Crippen LogP contribution is 2.31. The quantitative estimate of drug-likeness (QED) is 0.629. The van der Waals surface area contributed by atoms with Gasteiger partial charge in [0.2, 0.25) is 0 Å². The molecule has 1 aromatic carbocycles. The number of hydrogen-bond donors (Lipinski definition) is 0. The molecule has 0 fully saturated rings. The fourth-order valence-corrected chi connectivity index (χ4v) is 2.39. The van der Waals surface area contributed by atoms with Crippen molar-refractivity contribution in [2.45, 2.75) is 19.3 Å². The van der Waals surface area contributed by atoms with E-state index in [4.69, 9.17) is 0 Å². The van der Waals surface area contributed by atoms with Gasteiger partial charge in [0.1, 0.15) is 0 Å². The average Bonchev–Trinajstić information content (AvgIpc) is 2.72. The third-order valence-corrected chi connectivity index (χ3v) is 3.20. The number of rotatable bonds is 6. The Hall–Kier alpha value is -1.82. The van der Waals surface area contributed by atoms with Crippen LogP contribution in [0.2, 0.25) is 0 Å². The summed E-state index contributed by atoms with van der Waals surface area (Å²) in [5.74, 6) is 0. The van der Waals surface area contributed by atoms with Crippen molar-refractivity contribution in [2.24, 2.45) is 0 Å². The molecule has 0 saturated heterocycles. The summed E-state index contributed by atoms with van der Waals surface area (Å²) in [6.07, 6.45) is 13.1. The summed E-state index contributed by atoms with van der Waals surface area (Å²) in [5, 5.41) is 0. The lowest BCUT2D eigenvalue weighted by Gasteiger charge is -2.09. The SMILES string of the molecule is C=CCC1=Cc2cc(CC=C)c(CC=C)cc2[CH]1.